The second-order valence-corrected chi connectivity index (χ2v) is 7.28. The summed E-state index contributed by atoms with van der Waals surface area (Å²) in [7, 11) is 0.0967. The fourth-order valence-electron chi connectivity index (χ4n) is 2.80. The molecule has 1 heteroatoms. The van der Waals surface area contributed by atoms with E-state index in [1.54, 1.807) is 5.30 Å². The summed E-state index contributed by atoms with van der Waals surface area (Å²) in [6.45, 7) is 4.81. The molecular formula is C13H15P. The standard InChI is InChI=1S/C13H15P/c1-13(2)11-8-9-12(13)14(11)10-6-4-3-5-7-10/h3-9,11-12H,1-2H3. The van der Waals surface area contributed by atoms with Crippen LogP contribution in [-0.2, 0) is 0 Å². The van der Waals surface area contributed by atoms with E-state index in [2.05, 4.69) is 56.3 Å². The zero-order valence-corrected chi connectivity index (χ0v) is 9.54. The third-order valence-corrected chi connectivity index (χ3v) is 7.42. The molecule has 0 saturated carbocycles. The highest BCUT2D eigenvalue weighted by atomic mass is 31.1. The van der Waals surface area contributed by atoms with Crippen molar-refractivity contribution in [1.29, 1.82) is 0 Å². The highest BCUT2D eigenvalue weighted by Crippen LogP contribution is 2.72. The summed E-state index contributed by atoms with van der Waals surface area (Å²) >= 11 is 0. The zero-order valence-electron chi connectivity index (χ0n) is 8.64. The Hall–Kier alpha value is -0.610. The summed E-state index contributed by atoms with van der Waals surface area (Å²) in [5.41, 5.74) is 2.22. The second-order valence-electron chi connectivity index (χ2n) is 4.84. The molecule has 2 aliphatic heterocycles. The number of benzene rings is 1. The van der Waals surface area contributed by atoms with Crippen molar-refractivity contribution in [2.75, 3.05) is 0 Å². The highest BCUT2D eigenvalue weighted by Gasteiger charge is 2.57. The molecule has 4 rings (SSSR count). The van der Waals surface area contributed by atoms with Crippen LogP contribution in [0.5, 0.6) is 0 Å². The second kappa shape index (κ2) is 2.70. The van der Waals surface area contributed by atoms with Crippen LogP contribution in [0.4, 0.5) is 0 Å². The highest BCUT2D eigenvalue weighted by molar-refractivity contribution is 7.69. The van der Waals surface area contributed by atoms with Crippen LogP contribution in [0, 0.1) is 5.41 Å². The van der Waals surface area contributed by atoms with Crippen LogP contribution in [-0.4, -0.2) is 11.3 Å². The smallest absolute Gasteiger partial charge is 0.00766 e. The number of hydrogen-bond donors (Lipinski definition) is 0. The molecule has 1 aromatic rings. The van der Waals surface area contributed by atoms with Gasteiger partial charge in [-0.1, -0.05) is 64.3 Å². The minimum absolute atomic E-state index is 0.0967. The molecule has 2 unspecified atom stereocenters. The number of allylic oxidation sites excluding steroid dienone is 2. The third-order valence-electron chi connectivity index (χ3n) is 3.65. The van der Waals surface area contributed by atoms with Crippen LogP contribution < -0.4 is 5.30 Å². The van der Waals surface area contributed by atoms with Gasteiger partial charge >= 0.3 is 0 Å². The first kappa shape index (κ1) is 8.68. The Labute approximate surface area is 86.8 Å². The lowest BCUT2D eigenvalue weighted by molar-refractivity contribution is 0.372. The van der Waals surface area contributed by atoms with E-state index < -0.39 is 0 Å². The van der Waals surface area contributed by atoms with Crippen molar-refractivity contribution >= 4 is 13.2 Å². The van der Waals surface area contributed by atoms with Gasteiger partial charge in [-0.15, -0.1) is 0 Å². The van der Waals surface area contributed by atoms with Gasteiger partial charge in [0.15, 0.2) is 0 Å². The Kier molecular flexibility index (Phi) is 1.67. The lowest BCUT2D eigenvalue weighted by Crippen LogP contribution is -2.46. The molecule has 0 radical (unpaired) electrons. The van der Waals surface area contributed by atoms with Gasteiger partial charge in [0.05, 0.1) is 0 Å². The van der Waals surface area contributed by atoms with E-state index in [1.165, 1.54) is 0 Å². The van der Waals surface area contributed by atoms with Gasteiger partial charge in [-0.2, -0.15) is 0 Å². The molecule has 2 bridgehead atoms. The Bertz CT molecular complexity index is 361. The van der Waals surface area contributed by atoms with Gasteiger partial charge in [0, 0.05) is 11.3 Å². The van der Waals surface area contributed by atoms with Gasteiger partial charge in [-0.3, -0.25) is 0 Å². The first-order valence-corrected chi connectivity index (χ1v) is 6.71. The quantitative estimate of drug-likeness (QED) is 0.485. The molecule has 2 atom stereocenters. The van der Waals surface area contributed by atoms with Crippen molar-refractivity contribution in [3.8, 4) is 0 Å². The van der Waals surface area contributed by atoms with Crippen molar-refractivity contribution in [3.05, 3.63) is 42.5 Å². The monoisotopic (exact) mass is 202 g/mol. The summed E-state index contributed by atoms with van der Waals surface area (Å²) in [6.07, 6.45) is 4.90. The Morgan fingerprint density at radius 1 is 1.00 bits per heavy atom. The summed E-state index contributed by atoms with van der Waals surface area (Å²) in [6, 6.07) is 11.0. The molecule has 2 heterocycles. The van der Waals surface area contributed by atoms with Crippen LogP contribution in [0.15, 0.2) is 42.5 Å². The average Bonchev–Trinajstić information content (AvgIpc) is 2.76. The van der Waals surface area contributed by atoms with E-state index in [0.717, 1.165) is 11.3 Å². The van der Waals surface area contributed by atoms with E-state index in [1.807, 2.05) is 0 Å². The predicted molar refractivity (Wildman–Crippen MR) is 63.5 cm³/mol. The van der Waals surface area contributed by atoms with Crippen LogP contribution in [0.25, 0.3) is 0 Å². The molecule has 0 spiro atoms. The van der Waals surface area contributed by atoms with Crippen molar-refractivity contribution in [3.63, 3.8) is 0 Å². The number of rotatable bonds is 1. The Balaban J connectivity index is 1.93. The maximum absolute atomic E-state index is 2.45. The van der Waals surface area contributed by atoms with Gasteiger partial charge < -0.3 is 0 Å². The minimum Gasteiger partial charge on any atom is -0.0795 e. The fourth-order valence-corrected chi connectivity index (χ4v) is 6.38. The summed E-state index contributed by atoms with van der Waals surface area (Å²) in [4.78, 5) is 0. The Morgan fingerprint density at radius 2 is 1.57 bits per heavy atom. The maximum Gasteiger partial charge on any atom is 0.00766 e. The molecule has 0 amide bonds. The molecule has 1 fully saturated rings. The number of hydrogen-bond acceptors (Lipinski definition) is 0. The van der Waals surface area contributed by atoms with E-state index >= 15 is 0 Å². The average molecular weight is 202 g/mol. The largest absolute Gasteiger partial charge is 0.0795 e. The Morgan fingerprint density at radius 3 is 2.07 bits per heavy atom. The molecule has 0 N–H and O–H groups in total. The first-order valence-electron chi connectivity index (χ1n) is 5.23. The minimum atomic E-state index is 0.0967. The molecule has 72 valence electrons. The van der Waals surface area contributed by atoms with Gasteiger partial charge in [-0.05, 0) is 10.7 Å². The van der Waals surface area contributed by atoms with E-state index in [0.29, 0.717) is 5.41 Å². The normalized spacial score (nSPS) is 36.9. The maximum atomic E-state index is 2.45. The summed E-state index contributed by atoms with van der Waals surface area (Å²) < 4.78 is 0. The topological polar surface area (TPSA) is 0 Å². The molecule has 1 saturated heterocycles. The van der Waals surface area contributed by atoms with Crippen molar-refractivity contribution < 1.29 is 0 Å². The summed E-state index contributed by atoms with van der Waals surface area (Å²) in [5.74, 6) is 0. The van der Waals surface area contributed by atoms with Crippen molar-refractivity contribution in [2.45, 2.75) is 25.2 Å². The van der Waals surface area contributed by atoms with Crippen molar-refractivity contribution in [1.82, 2.24) is 0 Å². The predicted octanol–water partition coefficient (Wildman–Crippen LogP) is 3.14. The van der Waals surface area contributed by atoms with Crippen LogP contribution in [0.1, 0.15) is 13.8 Å². The van der Waals surface area contributed by atoms with E-state index in [-0.39, 0.29) is 7.92 Å². The molecule has 3 aliphatic rings. The van der Waals surface area contributed by atoms with Crippen LogP contribution >= 0.6 is 7.92 Å². The fraction of sp³-hybridized carbons (Fsp3) is 0.385. The summed E-state index contributed by atoms with van der Waals surface area (Å²) in [5, 5.41) is 1.59. The van der Waals surface area contributed by atoms with Crippen molar-refractivity contribution in [2.24, 2.45) is 5.41 Å². The lowest BCUT2D eigenvalue weighted by atomic mass is 9.88. The first-order chi connectivity index (χ1) is 6.71. The van der Waals surface area contributed by atoms with E-state index in [9.17, 15) is 0 Å². The molecule has 1 aliphatic carbocycles. The van der Waals surface area contributed by atoms with Gasteiger partial charge in [-0.25, -0.2) is 0 Å². The van der Waals surface area contributed by atoms with Crippen LogP contribution in [0.2, 0.25) is 0 Å². The third kappa shape index (κ3) is 0.929. The van der Waals surface area contributed by atoms with Crippen LogP contribution in [0.3, 0.4) is 0 Å². The molecular weight excluding hydrogens is 187 g/mol. The SMILES string of the molecule is CC1(C)C2C=CC1P2c1ccccc1. The van der Waals surface area contributed by atoms with E-state index in [4.69, 9.17) is 0 Å². The molecule has 0 nitrogen and oxygen atoms in total. The van der Waals surface area contributed by atoms with Gasteiger partial charge in [0.1, 0.15) is 0 Å². The van der Waals surface area contributed by atoms with Gasteiger partial charge in [0.2, 0.25) is 0 Å². The molecule has 14 heavy (non-hydrogen) atoms. The molecule has 0 aromatic heterocycles. The van der Waals surface area contributed by atoms with Gasteiger partial charge in [0.25, 0.3) is 0 Å². The lowest BCUT2D eigenvalue weighted by Gasteiger charge is -2.52. The zero-order chi connectivity index (χ0) is 9.76. The molecule has 1 aromatic carbocycles.